The van der Waals surface area contributed by atoms with Crippen LogP contribution in [0.4, 0.5) is 0 Å². The van der Waals surface area contributed by atoms with Crippen molar-refractivity contribution in [2.75, 3.05) is 0 Å². The van der Waals surface area contributed by atoms with Gasteiger partial charge < -0.3 is 5.73 Å². The molecule has 0 radical (unpaired) electrons. The minimum absolute atomic E-state index is 0.0607. The van der Waals surface area contributed by atoms with Gasteiger partial charge in [-0.2, -0.15) is 0 Å². The van der Waals surface area contributed by atoms with E-state index in [9.17, 15) is 4.79 Å². The van der Waals surface area contributed by atoms with Crippen LogP contribution in [0.15, 0.2) is 12.2 Å². The van der Waals surface area contributed by atoms with Crippen LogP contribution in [0.5, 0.6) is 0 Å². The Labute approximate surface area is 137 Å². The zero-order valence-corrected chi connectivity index (χ0v) is 14.5. The third-order valence-electron chi connectivity index (χ3n) is 4.92. The molecular weight excluding hydrogens is 274 g/mol. The van der Waals surface area contributed by atoms with E-state index in [1.54, 1.807) is 6.08 Å². The van der Waals surface area contributed by atoms with Gasteiger partial charge in [-0.05, 0) is 18.1 Å². The molecular formula is C12H18B6ClNO. The molecule has 2 nitrogen and oxygen atoms in total. The lowest BCUT2D eigenvalue weighted by atomic mass is 9.46. The van der Waals surface area contributed by atoms with Crippen molar-refractivity contribution in [1.82, 2.24) is 0 Å². The van der Waals surface area contributed by atoms with E-state index in [2.05, 4.69) is 31.4 Å². The second-order valence-corrected chi connectivity index (χ2v) is 7.40. The van der Waals surface area contributed by atoms with Crippen molar-refractivity contribution in [3.63, 3.8) is 0 Å². The van der Waals surface area contributed by atoms with Crippen molar-refractivity contribution in [3.05, 3.63) is 22.7 Å². The Morgan fingerprint density at radius 3 is 2.14 bits per heavy atom. The van der Waals surface area contributed by atoms with E-state index in [1.165, 1.54) is 5.46 Å². The minimum Gasteiger partial charge on any atom is -0.315 e. The maximum Gasteiger partial charge on any atom is 0.179 e. The molecule has 102 valence electrons. The zero-order valence-electron chi connectivity index (χ0n) is 13.7. The van der Waals surface area contributed by atoms with Gasteiger partial charge in [0.25, 0.3) is 0 Å². The fourth-order valence-corrected chi connectivity index (χ4v) is 3.78. The first-order valence-electron chi connectivity index (χ1n) is 7.30. The first kappa shape index (κ1) is 16.6. The molecule has 1 aromatic rings. The summed E-state index contributed by atoms with van der Waals surface area (Å²) >= 11 is 6.60. The average molecular weight is 293 g/mol. The molecule has 0 saturated carbocycles. The molecule has 0 saturated heterocycles. The molecule has 1 aromatic carbocycles. The van der Waals surface area contributed by atoms with E-state index in [1.807, 2.05) is 21.8 Å². The summed E-state index contributed by atoms with van der Waals surface area (Å²) in [7, 11) is 12.3. The Morgan fingerprint density at radius 1 is 1.05 bits per heavy atom. The summed E-state index contributed by atoms with van der Waals surface area (Å²) in [6, 6.07) is 0. The van der Waals surface area contributed by atoms with Gasteiger partial charge in [-0.15, -0.1) is 10.9 Å². The second-order valence-electron chi connectivity index (χ2n) is 7.02. The monoisotopic (exact) mass is 293 g/mol. The van der Waals surface area contributed by atoms with Crippen molar-refractivity contribution in [1.29, 1.82) is 0 Å². The van der Waals surface area contributed by atoms with Crippen LogP contribution in [-0.4, -0.2) is 52.9 Å². The Kier molecular flexibility index (Phi) is 4.10. The minimum atomic E-state index is -1.04. The molecule has 0 aliphatic heterocycles. The molecule has 1 aliphatic rings. The molecule has 0 fully saturated rings. The Balaban J connectivity index is 2.78. The molecule has 1 unspecified atom stereocenters. The summed E-state index contributed by atoms with van der Waals surface area (Å²) in [5.41, 5.74) is 10.7. The average Bonchev–Trinajstić information content (AvgIpc) is 2.38. The highest BCUT2D eigenvalue weighted by Gasteiger charge is 2.44. The number of benzene rings is 1. The predicted octanol–water partition coefficient (Wildman–Crippen LogP) is -6.56. The van der Waals surface area contributed by atoms with Crippen LogP contribution < -0.4 is 27.6 Å². The highest BCUT2D eigenvalue weighted by atomic mass is 35.5. The maximum absolute atomic E-state index is 12.5. The van der Waals surface area contributed by atoms with Gasteiger partial charge in [0.05, 0.1) is 0 Å². The topological polar surface area (TPSA) is 43.1 Å². The molecule has 0 amide bonds. The molecule has 1 aliphatic carbocycles. The van der Waals surface area contributed by atoms with Gasteiger partial charge in [0.15, 0.2) is 5.78 Å². The summed E-state index contributed by atoms with van der Waals surface area (Å²) in [6.45, 7) is 0. The maximum atomic E-state index is 12.5. The summed E-state index contributed by atoms with van der Waals surface area (Å²) < 4.78 is 0. The smallest absolute Gasteiger partial charge is 0.179 e. The van der Waals surface area contributed by atoms with Crippen molar-refractivity contribution in [2.24, 2.45) is 5.73 Å². The Hall–Kier alpha value is -0.730. The Morgan fingerprint density at radius 2 is 1.57 bits per heavy atom. The van der Waals surface area contributed by atoms with E-state index in [4.69, 9.17) is 17.3 Å². The normalized spacial score (nSPS) is 24.2. The van der Waals surface area contributed by atoms with Crippen LogP contribution in [0.25, 0.3) is 0 Å². The molecule has 0 heterocycles. The number of ketones is 1. The van der Waals surface area contributed by atoms with Gasteiger partial charge in [0.2, 0.25) is 0 Å². The SMILES string of the molecule is Bc1c(B)c(B)c(C2(N)CC(B)(B)C=CC2=O)c(Cl)c1B. The lowest BCUT2D eigenvalue weighted by Gasteiger charge is -2.40. The second kappa shape index (κ2) is 5.17. The van der Waals surface area contributed by atoms with Crippen LogP contribution in [0.1, 0.15) is 12.0 Å². The highest BCUT2D eigenvalue weighted by Crippen LogP contribution is 2.40. The zero-order chi connectivity index (χ0) is 16.2. The first-order chi connectivity index (χ1) is 9.51. The molecule has 0 aromatic heterocycles. The summed E-state index contributed by atoms with van der Waals surface area (Å²) in [4.78, 5) is 12.5. The first-order valence-corrected chi connectivity index (χ1v) is 7.68. The summed E-state index contributed by atoms with van der Waals surface area (Å²) in [5.74, 6) is -0.0607. The van der Waals surface area contributed by atoms with Gasteiger partial charge in [0, 0.05) is 5.02 Å². The fraction of sp³-hybridized carbons (Fsp3) is 0.250. The van der Waals surface area contributed by atoms with E-state index in [-0.39, 0.29) is 11.0 Å². The molecule has 1 atom stereocenters. The van der Waals surface area contributed by atoms with Gasteiger partial charge in [-0.3, -0.25) is 4.79 Å². The number of hydrogen-bond acceptors (Lipinski definition) is 2. The highest BCUT2D eigenvalue weighted by molar-refractivity contribution is 6.65. The molecule has 9 heteroatoms. The molecule has 21 heavy (non-hydrogen) atoms. The number of hydrogen-bond donors (Lipinski definition) is 1. The lowest BCUT2D eigenvalue weighted by molar-refractivity contribution is -0.120. The van der Waals surface area contributed by atoms with Crippen LogP contribution in [0, 0.1) is 0 Å². The van der Waals surface area contributed by atoms with E-state index < -0.39 is 5.54 Å². The quantitative estimate of drug-likeness (QED) is 0.523. The number of carbonyl (C=O) groups is 1. The predicted molar refractivity (Wildman–Crippen MR) is 109 cm³/mol. The number of nitrogens with two attached hydrogens (primary N) is 1. The molecule has 0 spiro atoms. The van der Waals surface area contributed by atoms with Crippen molar-refractivity contribution >= 4 is 86.3 Å². The van der Waals surface area contributed by atoms with E-state index in [0.29, 0.717) is 11.4 Å². The Bertz CT molecular complexity index is 645. The van der Waals surface area contributed by atoms with Crippen molar-refractivity contribution in [2.45, 2.75) is 17.2 Å². The number of carbonyl (C=O) groups excluding carboxylic acids is 1. The van der Waals surface area contributed by atoms with Gasteiger partial charge >= 0.3 is 0 Å². The molecule has 0 bridgehead atoms. The summed E-state index contributed by atoms with van der Waals surface area (Å²) in [5, 5.41) is 0.517. The standard InChI is InChI=1S/C12H18B6ClNO/c13-6-5(10(19)9(16)8(15)7(6)14)12(20)3-11(17,18)2-1-4(12)21/h1-2H,3,13-18,20H2. The van der Waals surface area contributed by atoms with Crippen molar-refractivity contribution < 1.29 is 4.79 Å². The fourth-order valence-electron chi connectivity index (χ4n) is 3.32. The molecule has 2 rings (SSSR count). The number of halogens is 1. The third kappa shape index (κ3) is 2.57. The number of allylic oxidation sites excluding steroid dienone is 1. The molecule has 2 N–H and O–H groups in total. The van der Waals surface area contributed by atoms with Gasteiger partial charge in [-0.25, -0.2) is 0 Å². The summed E-state index contributed by atoms with van der Waals surface area (Å²) in [6.07, 6.45) is 4.12. The van der Waals surface area contributed by atoms with Gasteiger partial charge in [0.1, 0.15) is 52.6 Å². The number of rotatable bonds is 1. The lowest BCUT2D eigenvalue weighted by Crippen LogP contribution is -2.58. The van der Waals surface area contributed by atoms with Gasteiger partial charge in [-0.1, -0.05) is 33.8 Å². The van der Waals surface area contributed by atoms with Crippen molar-refractivity contribution in [3.8, 4) is 0 Å². The van der Waals surface area contributed by atoms with Crippen LogP contribution in [0.3, 0.4) is 0 Å². The van der Waals surface area contributed by atoms with Crippen LogP contribution >= 0.6 is 11.6 Å². The third-order valence-corrected chi connectivity index (χ3v) is 5.39. The van der Waals surface area contributed by atoms with E-state index >= 15 is 0 Å². The van der Waals surface area contributed by atoms with Crippen LogP contribution in [0.2, 0.25) is 10.2 Å². The van der Waals surface area contributed by atoms with E-state index in [0.717, 1.165) is 22.0 Å². The largest absolute Gasteiger partial charge is 0.315 e. The van der Waals surface area contributed by atoms with Crippen LogP contribution in [-0.2, 0) is 10.3 Å².